The van der Waals surface area contributed by atoms with E-state index in [1.165, 1.54) is 53.8 Å². The number of allylic oxidation sites excluding steroid dienone is 3. The molecule has 1 aliphatic heterocycles. The van der Waals surface area contributed by atoms with Crippen LogP contribution in [0.4, 0.5) is 0 Å². The van der Waals surface area contributed by atoms with Crippen LogP contribution < -0.4 is 5.32 Å². The van der Waals surface area contributed by atoms with Crippen LogP contribution >= 0.6 is 11.8 Å². The highest BCUT2D eigenvalue weighted by Crippen LogP contribution is 2.32. The van der Waals surface area contributed by atoms with Gasteiger partial charge in [0.15, 0.2) is 0 Å². The van der Waals surface area contributed by atoms with Gasteiger partial charge in [0.05, 0.1) is 7.11 Å². The van der Waals surface area contributed by atoms with Crippen molar-refractivity contribution < 1.29 is 4.74 Å². The third-order valence-corrected chi connectivity index (χ3v) is 10.4. The van der Waals surface area contributed by atoms with Gasteiger partial charge in [-0.05, 0) is 87.1 Å². The van der Waals surface area contributed by atoms with E-state index in [1.807, 2.05) is 25.3 Å². The van der Waals surface area contributed by atoms with E-state index in [-0.39, 0.29) is 0 Å². The summed E-state index contributed by atoms with van der Waals surface area (Å²) < 4.78 is 5.73. The summed E-state index contributed by atoms with van der Waals surface area (Å²) in [6.45, 7) is 36.4. The first-order valence-electron chi connectivity index (χ1n) is 19.3. The van der Waals surface area contributed by atoms with Crippen LogP contribution in [0, 0.1) is 17.8 Å². The summed E-state index contributed by atoms with van der Waals surface area (Å²) in [5, 5.41) is 5.35. The molecule has 0 radical (unpaired) electrons. The Hall–Kier alpha value is -2.05. The standard InChI is InChI=1S/C24H37NS.C18H34N2O.C2H6/c1-7-9-11-18-25(6)19-12-10-13-21(5)22-14-16-23(17-15-22)24(20(3)4)26-8-2;1-7-15(5)17(20-11-9-19-10-12-20)13-18(21-6)16(8-2)14(3)4;1-2/h8-9,11,14-17,21H,2,7,10,12-13,18-19H2,1,3-6H3;8,13-17,19H,2,7,9-12H2,1,3-6H3;1-2H3/b11-9+;18-13-;/t;15-,16?,17?;/m.1./s1. The molecule has 0 saturated carbocycles. The van der Waals surface area contributed by atoms with Crippen LogP contribution in [0.1, 0.15) is 118 Å². The summed E-state index contributed by atoms with van der Waals surface area (Å²) >= 11 is 1.71. The van der Waals surface area contributed by atoms with Crippen molar-refractivity contribution in [3.63, 3.8) is 0 Å². The van der Waals surface area contributed by atoms with E-state index < -0.39 is 0 Å². The predicted octanol–water partition coefficient (Wildman–Crippen LogP) is 11.8. The lowest BCUT2D eigenvalue weighted by Gasteiger charge is -2.37. The Labute approximate surface area is 309 Å². The average Bonchev–Trinajstić information content (AvgIpc) is 3.11. The Bertz CT molecular complexity index is 1080. The van der Waals surface area contributed by atoms with Gasteiger partial charge in [-0.15, -0.1) is 6.58 Å². The lowest BCUT2D eigenvalue weighted by molar-refractivity contribution is 0.151. The number of rotatable bonds is 20. The molecule has 4 nitrogen and oxygen atoms in total. The Kier molecular flexibility index (Phi) is 27.4. The second-order valence-electron chi connectivity index (χ2n) is 13.7. The number of unbranched alkanes of at least 4 members (excludes halogenated alkanes) is 1. The molecule has 1 N–H and O–H groups in total. The molecule has 2 rings (SSSR count). The molecule has 1 aromatic carbocycles. The molecular formula is C44H77N3OS. The number of likely N-dealkylation sites (N-methyl/N-ethyl adjacent to an activating group) is 1. The minimum Gasteiger partial charge on any atom is -0.501 e. The molecule has 1 aliphatic rings. The van der Waals surface area contributed by atoms with Gasteiger partial charge in [0.1, 0.15) is 5.76 Å². The largest absolute Gasteiger partial charge is 0.501 e. The number of methoxy groups -OCH3 is 1. The van der Waals surface area contributed by atoms with Crippen molar-refractivity contribution >= 4 is 16.7 Å². The molecule has 0 bridgehead atoms. The van der Waals surface area contributed by atoms with Crippen molar-refractivity contribution in [2.75, 3.05) is 53.4 Å². The molecule has 0 aromatic heterocycles. The van der Waals surface area contributed by atoms with E-state index in [9.17, 15) is 0 Å². The molecule has 1 fully saturated rings. The number of piperazine rings is 1. The first-order chi connectivity index (χ1) is 23.5. The van der Waals surface area contributed by atoms with Gasteiger partial charge in [-0.25, -0.2) is 0 Å². The molecule has 5 heteroatoms. The van der Waals surface area contributed by atoms with Crippen LogP contribution in [-0.2, 0) is 4.74 Å². The highest BCUT2D eigenvalue weighted by atomic mass is 32.2. The lowest BCUT2D eigenvalue weighted by Crippen LogP contribution is -2.50. The number of benzene rings is 1. The van der Waals surface area contributed by atoms with E-state index in [0.29, 0.717) is 29.7 Å². The lowest BCUT2D eigenvalue weighted by atomic mass is 9.89. The van der Waals surface area contributed by atoms with E-state index in [4.69, 9.17) is 4.74 Å². The summed E-state index contributed by atoms with van der Waals surface area (Å²) in [7, 11) is 4.00. The number of hydrogen-bond acceptors (Lipinski definition) is 5. The molecule has 280 valence electrons. The van der Waals surface area contributed by atoms with E-state index in [0.717, 1.165) is 44.9 Å². The van der Waals surface area contributed by atoms with Gasteiger partial charge in [0, 0.05) is 49.6 Å². The SMILES string of the molecule is C=CC(/C(=C/C([C@H](C)CC)N1CCNCC1)OC)C(C)C.C=CSC(=C(C)C)c1ccc(C(C)CCCCN(C)C/C=C/CC)cc1.CC. The number of nitrogens with zero attached hydrogens (tertiary/aromatic N) is 2. The van der Waals surface area contributed by atoms with E-state index in [2.05, 4.69) is 133 Å². The third-order valence-electron chi connectivity index (χ3n) is 9.32. The summed E-state index contributed by atoms with van der Waals surface area (Å²) in [4.78, 5) is 6.31. The molecule has 0 aliphatic carbocycles. The quantitative estimate of drug-likeness (QED) is 0.0833. The summed E-state index contributed by atoms with van der Waals surface area (Å²) in [6, 6.07) is 9.58. The van der Waals surface area contributed by atoms with Crippen LogP contribution in [0.3, 0.4) is 0 Å². The number of thioether (sulfide) groups is 1. The topological polar surface area (TPSA) is 27.7 Å². The fourth-order valence-electron chi connectivity index (χ4n) is 6.08. The first-order valence-corrected chi connectivity index (χ1v) is 20.1. The van der Waals surface area contributed by atoms with E-state index >= 15 is 0 Å². The molecule has 1 heterocycles. The smallest absolute Gasteiger partial charge is 0.100 e. The van der Waals surface area contributed by atoms with Gasteiger partial charge in [-0.1, -0.05) is 135 Å². The first kappa shape index (κ1) is 47.0. The maximum Gasteiger partial charge on any atom is 0.100 e. The van der Waals surface area contributed by atoms with Gasteiger partial charge in [-0.3, -0.25) is 4.90 Å². The zero-order chi connectivity index (χ0) is 37.2. The molecule has 1 saturated heterocycles. The number of hydrogen-bond donors (Lipinski definition) is 1. The van der Waals surface area contributed by atoms with Crippen LogP contribution in [0.5, 0.6) is 0 Å². The molecule has 4 atom stereocenters. The van der Waals surface area contributed by atoms with Crippen LogP contribution in [0.15, 0.2) is 78.5 Å². The Morgan fingerprint density at radius 1 is 1.00 bits per heavy atom. The molecular weight excluding hydrogens is 619 g/mol. The van der Waals surface area contributed by atoms with Crippen molar-refractivity contribution in [1.82, 2.24) is 15.1 Å². The Morgan fingerprint density at radius 2 is 1.63 bits per heavy atom. The second kappa shape index (κ2) is 28.6. The second-order valence-corrected chi connectivity index (χ2v) is 14.7. The summed E-state index contributed by atoms with van der Waals surface area (Å²) in [5.41, 5.74) is 4.09. The fourth-order valence-corrected chi connectivity index (χ4v) is 6.76. The van der Waals surface area contributed by atoms with E-state index in [1.54, 1.807) is 18.9 Å². The maximum absolute atomic E-state index is 5.73. The van der Waals surface area contributed by atoms with Gasteiger partial charge in [-0.2, -0.15) is 0 Å². The van der Waals surface area contributed by atoms with Crippen molar-refractivity contribution in [3.8, 4) is 0 Å². The Morgan fingerprint density at radius 3 is 2.12 bits per heavy atom. The van der Waals surface area contributed by atoms with Crippen LogP contribution in [0.2, 0.25) is 0 Å². The van der Waals surface area contributed by atoms with Gasteiger partial charge < -0.3 is 15.0 Å². The van der Waals surface area contributed by atoms with Crippen molar-refractivity contribution in [2.45, 2.75) is 113 Å². The summed E-state index contributed by atoms with van der Waals surface area (Å²) in [6.07, 6.45) is 15.0. The highest BCUT2D eigenvalue weighted by Gasteiger charge is 2.26. The van der Waals surface area contributed by atoms with Crippen LogP contribution in [0.25, 0.3) is 4.91 Å². The van der Waals surface area contributed by atoms with Crippen molar-refractivity contribution in [2.24, 2.45) is 17.8 Å². The van der Waals surface area contributed by atoms with Crippen LogP contribution in [-0.4, -0.2) is 69.3 Å². The van der Waals surface area contributed by atoms with Crippen molar-refractivity contribution in [3.05, 3.63) is 89.6 Å². The Balaban J connectivity index is 0.000000913. The molecule has 1 aromatic rings. The molecule has 49 heavy (non-hydrogen) atoms. The minimum atomic E-state index is 0.296. The van der Waals surface area contributed by atoms with Gasteiger partial charge >= 0.3 is 0 Å². The minimum absolute atomic E-state index is 0.296. The monoisotopic (exact) mass is 696 g/mol. The molecule has 0 spiro atoms. The average molecular weight is 696 g/mol. The molecule has 0 amide bonds. The predicted molar refractivity (Wildman–Crippen MR) is 224 cm³/mol. The molecule has 3 unspecified atom stereocenters. The van der Waals surface area contributed by atoms with Crippen molar-refractivity contribution in [1.29, 1.82) is 0 Å². The normalized spacial score (nSPS) is 16.2. The zero-order valence-corrected chi connectivity index (χ0v) is 34.8. The maximum atomic E-state index is 5.73. The van der Waals surface area contributed by atoms with Gasteiger partial charge in [0.2, 0.25) is 0 Å². The summed E-state index contributed by atoms with van der Waals surface area (Å²) in [5.74, 6) is 3.13. The third kappa shape index (κ3) is 18.7. The highest BCUT2D eigenvalue weighted by molar-refractivity contribution is 8.10. The van der Waals surface area contributed by atoms with Gasteiger partial charge in [0.25, 0.3) is 0 Å². The zero-order valence-electron chi connectivity index (χ0n) is 34.0. The number of ether oxygens (including phenoxy) is 1. The fraction of sp³-hybridized carbons (Fsp3) is 0.636. The number of nitrogens with one attached hydrogen (secondary N) is 1.